The van der Waals surface area contributed by atoms with E-state index in [1.165, 1.54) is 37.3 Å². The molecule has 0 aliphatic rings. The monoisotopic (exact) mass is 395 g/mol. The smallest absolute Gasteiger partial charge is 0.416 e. The maximum atomic E-state index is 12.6. The van der Waals surface area contributed by atoms with Gasteiger partial charge >= 0.3 is 12.1 Å². The summed E-state index contributed by atoms with van der Waals surface area (Å²) in [6, 6.07) is 10.0. The van der Waals surface area contributed by atoms with Crippen LogP contribution in [0.1, 0.15) is 22.8 Å². The number of esters is 1. The number of carbonyl (C=O) groups excluding carboxylic acids is 3. The highest BCUT2D eigenvalue weighted by Gasteiger charge is 2.30. The molecule has 0 spiro atoms. The zero-order valence-corrected chi connectivity index (χ0v) is 14.7. The fraction of sp³-hybridized carbons (Fsp3) is 0.211. The van der Waals surface area contributed by atoms with E-state index in [1.54, 1.807) is 0 Å². The van der Waals surface area contributed by atoms with E-state index < -0.39 is 36.7 Å². The maximum Gasteiger partial charge on any atom is 0.416 e. The van der Waals surface area contributed by atoms with Crippen molar-refractivity contribution < 1.29 is 37.0 Å². The SMILES string of the molecule is CC(=O)Nc1ccc(C(=O)COC(=O)COc2cccc(C(F)(F)F)c2)cc1. The molecule has 0 aliphatic heterocycles. The van der Waals surface area contributed by atoms with Crippen LogP contribution < -0.4 is 10.1 Å². The first-order chi connectivity index (χ1) is 13.1. The number of ether oxygens (including phenoxy) is 2. The van der Waals surface area contributed by atoms with Gasteiger partial charge in [0, 0.05) is 18.2 Å². The van der Waals surface area contributed by atoms with Crippen LogP contribution in [-0.4, -0.2) is 30.9 Å². The van der Waals surface area contributed by atoms with Crippen molar-refractivity contribution in [3.8, 4) is 5.75 Å². The van der Waals surface area contributed by atoms with Gasteiger partial charge in [0.1, 0.15) is 5.75 Å². The number of amides is 1. The first-order valence-corrected chi connectivity index (χ1v) is 8.01. The van der Waals surface area contributed by atoms with Gasteiger partial charge in [0.05, 0.1) is 5.56 Å². The van der Waals surface area contributed by atoms with Gasteiger partial charge in [-0.2, -0.15) is 13.2 Å². The molecular weight excluding hydrogens is 379 g/mol. The Morgan fingerprint density at radius 1 is 1.00 bits per heavy atom. The number of Topliss-reactive ketones (excluding diaryl/α,β-unsaturated/α-hetero) is 1. The van der Waals surface area contributed by atoms with Crippen molar-refractivity contribution in [3.63, 3.8) is 0 Å². The van der Waals surface area contributed by atoms with Crippen LogP contribution in [-0.2, 0) is 20.5 Å². The van der Waals surface area contributed by atoms with Gasteiger partial charge < -0.3 is 14.8 Å². The van der Waals surface area contributed by atoms with E-state index in [9.17, 15) is 27.6 Å². The van der Waals surface area contributed by atoms with Crippen LogP contribution in [0, 0.1) is 0 Å². The quantitative estimate of drug-likeness (QED) is 0.574. The molecule has 0 bridgehead atoms. The number of rotatable bonds is 7. The Morgan fingerprint density at radius 3 is 2.29 bits per heavy atom. The van der Waals surface area contributed by atoms with E-state index in [2.05, 4.69) is 5.32 Å². The summed E-state index contributed by atoms with van der Waals surface area (Å²) in [5.41, 5.74) is -0.132. The predicted octanol–water partition coefficient (Wildman–Crippen LogP) is 3.47. The average molecular weight is 395 g/mol. The summed E-state index contributed by atoms with van der Waals surface area (Å²) < 4.78 is 47.6. The molecule has 0 saturated heterocycles. The third-order valence-electron chi connectivity index (χ3n) is 3.41. The number of carbonyl (C=O) groups is 3. The van der Waals surface area contributed by atoms with E-state index in [0.29, 0.717) is 5.69 Å². The molecule has 0 radical (unpaired) electrons. The van der Waals surface area contributed by atoms with Gasteiger partial charge in [-0.3, -0.25) is 9.59 Å². The standard InChI is InChI=1S/C19H16F3NO5/c1-12(24)23-15-7-5-13(6-8-15)17(25)10-28-18(26)11-27-16-4-2-3-14(9-16)19(20,21)22/h2-9H,10-11H2,1H3,(H,23,24). The number of nitrogens with one attached hydrogen (secondary N) is 1. The summed E-state index contributed by atoms with van der Waals surface area (Å²) >= 11 is 0. The lowest BCUT2D eigenvalue weighted by molar-refractivity contribution is -0.144. The van der Waals surface area contributed by atoms with Crippen LogP contribution in [0.25, 0.3) is 0 Å². The zero-order chi connectivity index (χ0) is 20.7. The molecule has 0 atom stereocenters. The van der Waals surface area contributed by atoms with Crippen LogP contribution in [0.15, 0.2) is 48.5 Å². The molecule has 0 saturated carbocycles. The third-order valence-corrected chi connectivity index (χ3v) is 3.41. The molecule has 2 aromatic carbocycles. The summed E-state index contributed by atoms with van der Waals surface area (Å²) in [6.07, 6.45) is -4.53. The molecule has 9 heteroatoms. The molecule has 0 heterocycles. The number of benzene rings is 2. The number of ketones is 1. The number of hydrogen-bond acceptors (Lipinski definition) is 5. The minimum atomic E-state index is -4.53. The Balaban J connectivity index is 1.82. The van der Waals surface area contributed by atoms with Crippen molar-refractivity contribution >= 4 is 23.3 Å². The molecule has 2 aromatic rings. The van der Waals surface area contributed by atoms with Crippen molar-refractivity contribution in [3.05, 3.63) is 59.7 Å². The molecular formula is C19H16F3NO5. The summed E-state index contributed by atoms with van der Waals surface area (Å²) in [5.74, 6) is -1.79. The van der Waals surface area contributed by atoms with Crippen LogP contribution in [0.5, 0.6) is 5.75 Å². The summed E-state index contributed by atoms with van der Waals surface area (Å²) in [5, 5.41) is 2.54. The van der Waals surface area contributed by atoms with Crippen LogP contribution in [0.2, 0.25) is 0 Å². The lowest BCUT2D eigenvalue weighted by Crippen LogP contribution is -2.19. The zero-order valence-electron chi connectivity index (χ0n) is 14.7. The fourth-order valence-electron chi connectivity index (χ4n) is 2.12. The van der Waals surface area contributed by atoms with Crippen LogP contribution in [0.4, 0.5) is 18.9 Å². The Kier molecular flexibility index (Phi) is 6.75. The topological polar surface area (TPSA) is 81.7 Å². The molecule has 1 amide bonds. The first-order valence-electron chi connectivity index (χ1n) is 8.01. The Hall–Kier alpha value is -3.36. The Morgan fingerprint density at radius 2 is 1.68 bits per heavy atom. The normalized spacial score (nSPS) is 10.9. The van der Waals surface area contributed by atoms with Crippen molar-refractivity contribution in [1.29, 1.82) is 0 Å². The number of halogens is 3. The molecule has 1 N–H and O–H groups in total. The predicted molar refractivity (Wildman–Crippen MR) is 93.0 cm³/mol. The summed E-state index contributed by atoms with van der Waals surface area (Å²) in [6.45, 7) is 0.153. The average Bonchev–Trinajstić information content (AvgIpc) is 2.64. The second-order valence-corrected chi connectivity index (χ2v) is 5.66. The van der Waals surface area contributed by atoms with Gasteiger partial charge in [-0.15, -0.1) is 0 Å². The minimum Gasteiger partial charge on any atom is -0.482 e. The molecule has 0 unspecified atom stereocenters. The van der Waals surface area contributed by atoms with E-state index in [-0.39, 0.29) is 17.2 Å². The molecule has 0 fully saturated rings. The summed E-state index contributed by atoms with van der Waals surface area (Å²) in [7, 11) is 0. The highest BCUT2D eigenvalue weighted by molar-refractivity contribution is 5.98. The molecule has 148 valence electrons. The highest BCUT2D eigenvalue weighted by Crippen LogP contribution is 2.31. The number of hydrogen-bond donors (Lipinski definition) is 1. The third kappa shape index (κ3) is 6.42. The Labute approximate surface area is 158 Å². The molecule has 2 rings (SSSR count). The highest BCUT2D eigenvalue weighted by atomic mass is 19.4. The van der Waals surface area contributed by atoms with E-state index in [1.807, 2.05) is 0 Å². The van der Waals surface area contributed by atoms with Gasteiger partial charge in [0.15, 0.2) is 19.0 Å². The largest absolute Gasteiger partial charge is 0.482 e. The van der Waals surface area contributed by atoms with Crippen LogP contribution in [0.3, 0.4) is 0 Å². The van der Waals surface area contributed by atoms with Crippen molar-refractivity contribution in [2.75, 3.05) is 18.5 Å². The second kappa shape index (κ2) is 9.03. The van der Waals surface area contributed by atoms with Gasteiger partial charge in [-0.05, 0) is 42.5 Å². The van der Waals surface area contributed by atoms with Gasteiger partial charge in [-0.1, -0.05) is 6.07 Å². The van der Waals surface area contributed by atoms with Crippen molar-refractivity contribution in [1.82, 2.24) is 0 Å². The van der Waals surface area contributed by atoms with Gasteiger partial charge in [-0.25, -0.2) is 4.79 Å². The number of anilines is 1. The molecule has 28 heavy (non-hydrogen) atoms. The molecule has 6 nitrogen and oxygen atoms in total. The maximum absolute atomic E-state index is 12.6. The van der Waals surface area contributed by atoms with E-state index in [0.717, 1.165) is 18.2 Å². The van der Waals surface area contributed by atoms with E-state index in [4.69, 9.17) is 9.47 Å². The van der Waals surface area contributed by atoms with Crippen LogP contribution >= 0.6 is 0 Å². The Bertz CT molecular complexity index is 863. The van der Waals surface area contributed by atoms with Crippen molar-refractivity contribution in [2.24, 2.45) is 0 Å². The van der Waals surface area contributed by atoms with E-state index >= 15 is 0 Å². The van der Waals surface area contributed by atoms with Gasteiger partial charge in [0.25, 0.3) is 0 Å². The molecule has 0 aromatic heterocycles. The minimum absolute atomic E-state index is 0.147. The lowest BCUT2D eigenvalue weighted by Gasteiger charge is -2.10. The lowest BCUT2D eigenvalue weighted by atomic mass is 10.1. The first kappa shape index (κ1) is 20.9. The van der Waals surface area contributed by atoms with Crippen molar-refractivity contribution in [2.45, 2.75) is 13.1 Å². The fourth-order valence-corrected chi connectivity index (χ4v) is 2.12. The number of alkyl halides is 3. The molecule has 0 aliphatic carbocycles. The second-order valence-electron chi connectivity index (χ2n) is 5.66. The summed E-state index contributed by atoms with van der Waals surface area (Å²) in [4.78, 5) is 34.6. The van der Waals surface area contributed by atoms with Gasteiger partial charge in [0.2, 0.25) is 5.91 Å².